The molecule has 2 saturated carbocycles. The summed E-state index contributed by atoms with van der Waals surface area (Å²) < 4.78 is 0. The number of rotatable bonds is 6. The molecular formula is C23H37NO3. The first kappa shape index (κ1) is 20.6. The summed E-state index contributed by atoms with van der Waals surface area (Å²) in [7, 11) is 0. The Morgan fingerprint density at radius 3 is 2.56 bits per heavy atom. The second-order valence-electron chi connectivity index (χ2n) is 9.72. The van der Waals surface area contributed by atoms with Gasteiger partial charge >= 0.3 is 0 Å². The van der Waals surface area contributed by atoms with Gasteiger partial charge in [0.1, 0.15) is 0 Å². The first-order valence-corrected chi connectivity index (χ1v) is 10.7. The highest BCUT2D eigenvalue weighted by Crippen LogP contribution is 2.63. The van der Waals surface area contributed by atoms with Crippen molar-refractivity contribution in [1.29, 1.82) is 0 Å². The van der Waals surface area contributed by atoms with E-state index in [1.165, 1.54) is 4.90 Å². The fourth-order valence-corrected chi connectivity index (χ4v) is 5.87. The molecule has 4 heteroatoms. The lowest BCUT2D eigenvalue weighted by Crippen LogP contribution is -2.55. The number of aliphatic hydroxyl groups excluding tert-OH is 1. The molecule has 0 aromatic carbocycles. The average Bonchev–Trinajstić information content (AvgIpc) is 3.08. The largest absolute Gasteiger partial charge is 0.395 e. The molecule has 2 fully saturated rings. The van der Waals surface area contributed by atoms with Crippen molar-refractivity contribution in [2.24, 2.45) is 35.0 Å². The molecule has 3 rings (SSSR count). The highest BCUT2D eigenvalue weighted by atomic mass is 16.3. The normalized spacial score (nSPS) is 38.3. The van der Waals surface area contributed by atoms with Crippen molar-refractivity contribution in [1.82, 2.24) is 4.90 Å². The Morgan fingerprint density at radius 2 is 1.93 bits per heavy atom. The summed E-state index contributed by atoms with van der Waals surface area (Å²) >= 11 is 0. The maximum atomic E-state index is 12.5. The Hall–Kier alpha value is -1.13. The van der Waals surface area contributed by atoms with E-state index in [0.717, 1.165) is 24.8 Å². The van der Waals surface area contributed by atoms with Crippen LogP contribution in [0.4, 0.5) is 0 Å². The van der Waals surface area contributed by atoms with Gasteiger partial charge in [-0.3, -0.25) is 4.79 Å². The van der Waals surface area contributed by atoms with Crippen LogP contribution in [0.2, 0.25) is 0 Å². The van der Waals surface area contributed by atoms with Gasteiger partial charge in [0.2, 0.25) is 5.91 Å². The number of nitrogens with zero attached hydrogens (tertiary/aromatic N) is 1. The van der Waals surface area contributed by atoms with Crippen LogP contribution in [0.15, 0.2) is 23.8 Å². The number of allylic oxidation sites excluding steroid dienone is 2. The van der Waals surface area contributed by atoms with Gasteiger partial charge in [0.25, 0.3) is 0 Å². The SMILES string of the molecule is CC(C)C(C)C=CC(C)C1CCC2C3=CC(=O)N(CCO)C3(O)CCC21C. The van der Waals surface area contributed by atoms with Gasteiger partial charge < -0.3 is 15.1 Å². The number of hydrogen-bond acceptors (Lipinski definition) is 3. The van der Waals surface area contributed by atoms with Crippen molar-refractivity contribution < 1.29 is 15.0 Å². The molecule has 1 amide bonds. The van der Waals surface area contributed by atoms with E-state index in [4.69, 9.17) is 0 Å². The molecule has 152 valence electrons. The minimum Gasteiger partial charge on any atom is -0.395 e. The molecule has 0 saturated heterocycles. The lowest BCUT2D eigenvalue weighted by Gasteiger charge is -2.50. The standard InChI is InChI=1S/C23H37NO3/c1-15(2)16(3)6-7-17(4)18-8-9-19-20-14-21(26)24(12-13-25)23(20,27)11-10-22(18,19)5/h6-7,14-19,25,27H,8-13H2,1-5H3. The Labute approximate surface area is 164 Å². The molecule has 6 atom stereocenters. The molecule has 1 heterocycles. The van der Waals surface area contributed by atoms with Gasteiger partial charge in [-0.2, -0.15) is 0 Å². The maximum absolute atomic E-state index is 12.5. The average molecular weight is 376 g/mol. The van der Waals surface area contributed by atoms with E-state index < -0.39 is 5.72 Å². The Morgan fingerprint density at radius 1 is 1.22 bits per heavy atom. The topological polar surface area (TPSA) is 60.8 Å². The van der Waals surface area contributed by atoms with E-state index in [2.05, 4.69) is 46.8 Å². The Kier molecular flexibility index (Phi) is 5.62. The van der Waals surface area contributed by atoms with Crippen LogP contribution in [0, 0.1) is 35.0 Å². The fourth-order valence-electron chi connectivity index (χ4n) is 5.87. The molecule has 3 aliphatic rings. The number of β-amino-alcohol motifs (C(OH)–C–C–N with tert-alkyl or cyclic N) is 1. The zero-order chi connectivity index (χ0) is 20.0. The minimum atomic E-state index is -1.18. The summed E-state index contributed by atoms with van der Waals surface area (Å²) in [5.74, 6) is 2.41. The fraction of sp³-hybridized carbons (Fsp3) is 0.783. The van der Waals surface area contributed by atoms with Crippen molar-refractivity contribution in [3.63, 3.8) is 0 Å². The molecule has 6 unspecified atom stereocenters. The maximum Gasteiger partial charge on any atom is 0.249 e. The number of aliphatic hydroxyl groups is 2. The van der Waals surface area contributed by atoms with Crippen LogP contribution in [0.25, 0.3) is 0 Å². The zero-order valence-electron chi connectivity index (χ0n) is 17.6. The summed E-state index contributed by atoms with van der Waals surface area (Å²) in [6.45, 7) is 11.6. The summed E-state index contributed by atoms with van der Waals surface area (Å²) in [4.78, 5) is 13.9. The van der Waals surface area contributed by atoms with Crippen LogP contribution in [0.5, 0.6) is 0 Å². The lowest BCUT2D eigenvalue weighted by atomic mass is 9.59. The second kappa shape index (κ2) is 7.36. The van der Waals surface area contributed by atoms with E-state index in [0.29, 0.717) is 30.1 Å². The van der Waals surface area contributed by atoms with Crippen LogP contribution >= 0.6 is 0 Å². The van der Waals surface area contributed by atoms with E-state index in [-0.39, 0.29) is 30.4 Å². The molecule has 0 radical (unpaired) electrons. The molecule has 0 bridgehead atoms. The van der Waals surface area contributed by atoms with E-state index in [1.807, 2.05) is 0 Å². The minimum absolute atomic E-state index is 0.115. The van der Waals surface area contributed by atoms with Gasteiger partial charge in [-0.25, -0.2) is 0 Å². The van der Waals surface area contributed by atoms with Crippen LogP contribution in [-0.4, -0.2) is 39.9 Å². The van der Waals surface area contributed by atoms with E-state index >= 15 is 0 Å². The molecule has 0 aromatic rings. The van der Waals surface area contributed by atoms with Gasteiger partial charge in [0.05, 0.1) is 6.61 Å². The van der Waals surface area contributed by atoms with Gasteiger partial charge in [-0.15, -0.1) is 0 Å². The van der Waals surface area contributed by atoms with E-state index in [1.54, 1.807) is 6.08 Å². The predicted octanol–water partition coefficient (Wildman–Crippen LogP) is 3.75. The quantitative estimate of drug-likeness (QED) is 0.695. The van der Waals surface area contributed by atoms with Gasteiger partial charge in [-0.05, 0) is 66.3 Å². The van der Waals surface area contributed by atoms with Crippen molar-refractivity contribution in [2.75, 3.05) is 13.2 Å². The number of fused-ring (bicyclic) bond motifs is 3. The molecule has 2 N–H and O–H groups in total. The first-order valence-electron chi connectivity index (χ1n) is 10.7. The van der Waals surface area contributed by atoms with Crippen molar-refractivity contribution in [3.8, 4) is 0 Å². The third-order valence-electron chi connectivity index (χ3n) is 7.98. The van der Waals surface area contributed by atoms with Gasteiger partial charge in [0.15, 0.2) is 5.72 Å². The van der Waals surface area contributed by atoms with Crippen molar-refractivity contribution in [3.05, 3.63) is 23.8 Å². The third kappa shape index (κ3) is 3.29. The summed E-state index contributed by atoms with van der Waals surface area (Å²) in [6, 6.07) is 0. The third-order valence-corrected chi connectivity index (χ3v) is 7.98. The molecule has 1 aliphatic heterocycles. The predicted molar refractivity (Wildman–Crippen MR) is 108 cm³/mol. The first-order chi connectivity index (χ1) is 12.6. The molecule has 0 spiro atoms. The molecule has 27 heavy (non-hydrogen) atoms. The zero-order valence-corrected chi connectivity index (χ0v) is 17.6. The number of carbonyl (C=O) groups is 1. The Bertz CT molecular complexity index is 640. The number of hydrogen-bond donors (Lipinski definition) is 2. The van der Waals surface area contributed by atoms with Crippen molar-refractivity contribution >= 4 is 5.91 Å². The number of amides is 1. The molecule has 2 aliphatic carbocycles. The number of carbonyl (C=O) groups excluding carboxylic acids is 1. The molecular weight excluding hydrogens is 338 g/mol. The van der Waals surface area contributed by atoms with Crippen LogP contribution < -0.4 is 0 Å². The second-order valence-corrected chi connectivity index (χ2v) is 9.72. The van der Waals surface area contributed by atoms with Crippen molar-refractivity contribution in [2.45, 2.75) is 66.0 Å². The summed E-state index contributed by atoms with van der Waals surface area (Å²) in [5.41, 5.74) is -0.147. The Balaban J connectivity index is 1.81. The smallest absolute Gasteiger partial charge is 0.249 e. The van der Waals surface area contributed by atoms with E-state index in [9.17, 15) is 15.0 Å². The highest BCUT2D eigenvalue weighted by Gasteiger charge is 2.60. The van der Waals surface area contributed by atoms with Crippen LogP contribution in [0.1, 0.15) is 60.3 Å². The van der Waals surface area contributed by atoms with Gasteiger partial charge in [-0.1, -0.05) is 46.8 Å². The monoisotopic (exact) mass is 375 g/mol. The molecule has 4 nitrogen and oxygen atoms in total. The van der Waals surface area contributed by atoms with Crippen LogP contribution in [-0.2, 0) is 4.79 Å². The highest BCUT2D eigenvalue weighted by molar-refractivity contribution is 5.93. The lowest BCUT2D eigenvalue weighted by molar-refractivity contribution is -0.152. The van der Waals surface area contributed by atoms with Gasteiger partial charge in [0, 0.05) is 12.6 Å². The molecule has 0 aromatic heterocycles. The summed E-state index contributed by atoms with van der Waals surface area (Å²) in [5, 5.41) is 20.6. The van der Waals surface area contributed by atoms with Crippen LogP contribution in [0.3, 0.4) is 0 Å². The summed E-state index contributed by atoms with van der Waals surface area (Å²) in [6.07, 6.45) is 10.1.